The Morgan fingerprint density at radius 2 is 1.95 bits per heavy atom. The van der Waals surface area contributed by atoms with Gasteiger partial charge >= 0.3 is 6.03 Å². The van der Waals surface area contributed by atoms with Crippen LogP contribution in [0.2, 0.25) is 0 Å². The van der Waals surface area contributed by atoms with Crippen molar-refractivity contribution >= 4 is 17.8 Å². The minimum atomic E-state index is -0.954. The van der Waals surface area contributed by atoms with Gasteiger partial charge in [0.2, 0.25) is 11.8 Å². The van der Waals surface area contributed by atoms with E-state index in [1.54, 1.807) is 0 Å². The van der Waals surface area contributed by atoms with Gasteiger partial charge in [-0.1, -0.05) is 6.42 Å². The second-order valence-corrected chi connectivity index (χ2v) is 5.73. The fourth-order valence-electron chi connectivity index (χ4n) is 2.42. The number of rotatable bonds is 4. The molecule has 0 aromatic rings. The number of carbonyl (C=O) groups is 3. The summed E-state index contributed by atoms with van der Waals surface area (Å²) in [5, 5.41) is 2.31. The standard InChI is InChI=1S/C13H21N3O3/c1-9(2)15(3)7-8-16-11(18)13(5-4-6-13)10(17)14-12(16)19/h9H,4-8H2,1-3H3,(H,14,17,19). The van der Waals surface area contributed by atoms with Gasteiger partial charge in [-0.25, -0.2) is 4.79 Å². The fraction of sp³-hybridized carbons (Fsp3) is 0.769. The number of hydrogen-bond donors (Lipinski definition) is 1. The maximum absolute atomic E-state index is 12.4. The number of hydrogen-bond acceptors (Lipinski definition) is 4. The highest BCUT2D eigenvalue weighted by Crippen LogP contribution is 2.44. The zero-order chi connectivity index (χ0) is 14.2. The van der Waals surface area contributed by atoms with Crippen LogP contribution in [0.25, 0.3) is 0 Å². The Balaban J connectivity index is 2.05. The highest BCUT2D eigenvalue weighted by atomic mass is 16.2. The molecule has 6 heteroatoms. The number of amides is 4. The third kappa shape index (κ3) is 2.25. The number of nitrogens with one attached hydrogen (secondary N) is 1. The van der Waals surface area contributed by atoms with Crippen molar-refractivity contribution in [3.63, 3.8) is 0 Å². The first-order valence-electron chi connectivity index (χ1n) is 6.76. The number of urea groups is 1. The molecule has 2 fully saturated rings. The maximum Gasteiger partial charge on any atom is 0.330 e. The molecule has 19 heavy (non-hydrogen) atoms. The summed E-state index contributed by atoms with van der Waals surface area (Å²) in [5.41, 5.74) is -0.954. The Hall–Kier alpha value is -1.43. The molecular formula is C13H21N3O3. The zero-order valence-electron chi connectivity index (χ0n) is 11.7. The molecule has 1 saturated heterocycles. The first kappa shape index (κ1) is 14.0. The third-order valence-corrected chi connectivity index (χ3v) is 4.32. The molecule has 0 unspecified atom stereocenters. The van der Waals surface area contributed by atoms with E-state index < -0.39 is 17.4 Å². The van der Waals surface area contributed by atoms with Crippen LogP contribution in [0.3, 0.4) is 0 Å². The quantitative estimate of drug-likeness (QED) is 0.756. The molecule has 1 aliphatic carbocycles. The molecule has 1 spiro atoms. The largest absolute Gasteiger partial charge is 0.330 e. The summed E-state index contributed by atoms with van der Waals surface area (Å²) in [6.07, 6.45) is 1.98. The minimum Gasteiger partial charge on any atom is -0.302 e. The number of imide groups is 2. The average Bonchev–Trinajstić information content (AvgIpc) is 2.25. The van der Waals surface area contributed by atoms with Crippen molar-refractivity contribution in [3.05, 3.63) is 0 Å². The van der Waals surface area contributed by atoms with E-state index in [-0.39, 0.29) is 5.91 Å². The molecule has 2 aliphatic rings. The van der Waals surface area contributed by atoms with E-state index in [1.807, 2.05) is 7.05 Å². The van der Waals surface area contributed by atoms with Crippen molar-refractivity contribution in [3.8, 4) is 0 Å². The van der Waals surface area contributed by atoms with Crippen molar-refractivity contribution in [2.75, 3.05) is 20.1 Å². The topological polar surface area (TPSA) is 69.7 Å². The summed E-state index contributed by atoms with van der Waals surface area (Å²) >= 11 is 0. The first-order valence-corrected chi connectivity index (χ1v) is 6.76. The van der Waals surface area contributed by atoms with Gasteiger partial charge < -0.3 is 4.90 Å². The summed E-state index contributed by atoms with van der Waals surface area (Å²) in [6, 6.07) is -0.230. The lowest BCUT2D eigenvalue weighted by Gasteiger charge is -2.44. The van der Waals surface area contributed by atoms with Crippen LogP contribution in [-0.4, -0.2) is 53.8 Å². The third-order valence-electron chi connectivity index (χ3n) is 4.32. The molecule has 1 aliphatic heterocycles. The van der Waals surface area contributed by atoms with Crippen molar-refractivity contribution in [2.24, 2.45) is 5.41 Å². The number of barbiturate groups is 1. The Kier molecular flexibility index (Phi) is 3.62. The normalized spacial score (nSPS) is 22.2. The van der Waals surface area contributed by atoms with Crippen molar-refractivity contribution in [1.82, 2.24) is 15.1 Å². The van der Waals surface area contributed by atoms with Crippen LogP contribution in [0.1, 0.15) is 33.1 Å². The van der Waals surface area contributed by atoms with Crippen LogP contribution in [-0.2, 0) is 9.59 Å². The summed E-state index contributed by atoms with van der Waals surface area (Å²) in [4.78, 5) is 39.2. The predicted molar refractivity (Wildman–Crippen MR) is 69.3 cm³/mol. The number of nitrogens with zero attached hydrogens (tertiary/aromatic N) is 2. The molecular weight excluding hydrogens is 246 g/mol. The minimum absolute atomic E-state index is 0.315. The molecule has 106 valence electrons. The first-order chi connectivity index (χ1) is 8.88. The number of carbonyl (C=O) groups excluding carboxylic acids is 3. The van der Waals surface area contributed by atoms with Gasteiger partial charge in [-0.3, -0.25) is 19.8 Å². The van der Waals surface area contributed by atoms with E-state index in [1.165, 1.54) is 4.90 Å². The molecule has 1 N–H and O–H groups in total. The number of likely N-dealkylation sites (N-methyl/N-ethyl adjacent to an activating group) is 1. The molecule has 1 saturated carbocycles. The van der Waals surface area contributed by atoms with Crippen LogP contribution in [0, 0.1) is 5.41 Å². The van der Waals surface area contributed by atoms with E-state index in [2.05, 4.69) is 24.1 Å². The Morgan fingerprint density at radius 3 is 2.42 bits per heavy atom. The molecule has 0 aromatic carbocycles. The molecule has 6 nitrogen and oxygen atoms in total. The van der Waals surface area contributed by atoms with Crippen molar-refractivity contribution < 1.29 is 14.4 Å². The van der Waals surface area contributed by atoms with Crippen LogP contribution in [0.15, 0.2) is 0 Å². The highest BCUT2D eigenvalue weighted by molar-refractivity contribution is 6.19. The van der Waals surface area contributed by atoms with Gasteiger partial charge in [0.15, 0.2) is 0 Å². The molecule has 1 heterocycles. The predicted octanol–water partition coefficient (Wildman–Crippen LogP) is 0.575. The Bertz CT molecular complexity index is 415. The van der Waals surface area contributed by atoms with E-state index in [4.69, 9.17) is 0 Å². The van der Waals surface area contributed by atoms with Gasteiger partial charge in [0.1, 0.15) is 5.41 Å². The molecule has 2 rings (SSSR count). The zero-order valence-corrected chi connectivity index (χ0v) is 11.7. The van der Waals surface area contributed by atoms with Crippen LogP contribution in [0.5, 0.6) is 0 Å². The lowest BCUT2D eigenvalue weighted by Crippen LogP contribution is -2.66. The molecule has 4 amide bonds. The monoisotopic (exact) mass is 267 g/mol. The van der Waals surface area contributed by atoms with Crippen LogP contribution >= 0.6 is 0 Å². The SMILES string of the molecule is CC(C)N(C)CCN1C(=O)NC(=O)C2(CCC2)C1=O. The van der Waals surface area contributed by atoms with Gasteiger partial charge in [0, 0.05) is 19.1 Å². The molecule has 0 radical (unpaired) electrons. The van der Waals surface area contributed by atoms with Gasteiger partial charge in [0.05, 0.1) is 0 Å². The van der Waals surface area contributed by atoms with Crippen molar-refractivity contribution in [1.29, 1.82) is 0 Å². The van der Waals surface area contributed by atoms with Gasteiger partial charge in [0.25, 0.3) is 0 Å². The lowest BCUT2D eigenvalue weighted by molar-refractivity contribution is -0.157. The smallest absolute Gasteiger partial charge is 0.302 e. The second kappa shape index (κ2) is 4.92. The lowest BCUT2D eigenvalue weighted by atomic mass is 9.66. The molecule has 0 aromatic heterocycles. The summed E-state index contributed by atoms with van der Waals surface area (Å²) in [6.45, 7) is 5.04. The average molecular weight is 267 g/mol. The van der Waals surface area contributed by atoms with E-state index in [0.717, 1.165) is 6.42 Å². The molecule has 0 bridgehead atoms. The van der Waals surface area contributed by atoms with E-state index in [9.17, 15) is 14.4 Å². The van der Waals surface area contributed by atoms with Gasteiger partial charge in [-0.05, 0) is 33.7 Å². The Morgan fingerprint density at radius 1 is 1.32 bits per heavy atom. The van der Waals surface area contributed by atoms with E-state index >= 15 is 0 Å². The van der Waals surface area contributed by atoms with Crippen LogP contribution < -0.4 is 5.32 Å². The fourth-order valence-corrected chi connectivity index (χ4v) is 2.42. The van der Waals surface area contributed by atoms with Gasteiger partial charge in [-0.2, -0.15) is 0 Å². The summed E-state index contributed by atoms with van der Waals surface area (Å²) < 4.78 is 0. The second-order valence-electron chi connectivity index (χ2n) is 5.73. The van der Waals surface area contributed by atoms with Crippen molar-refractivity contribution in [2.45, 2.75) is 39.2 Å². The van der Waals surface area contributed by atoms with Crippen LogP contribution in [0.4, 0.5) is 4.79 Å². The molecule has 0 atom stereocenters. The summed E-state index contributed by atoms with van der Waals surface area (Å²) in [7, 11) is 1.95. The highest BCUT2D eigenvalue weighted by Gasteiger charge is 2.57. The summed E-state index contributed by atoms with van der Waals surface area (Å²) in [5.74, 6) is -0.730. The van der Waals surface area contributed by atoms with Gasteiger partial charge in [-0.15, -0.1) is 0 Å². The van der Waals surface area contributed by atoms with E-state index in [0.29, 0.717) is 32.0 Å². The maximum atomic E-state index is 12.4. The Labute approximate surface area is 113 Å².